The minimum absolute atomic E-state index is 0.0106. The molecule has 8 saturated heterocycles. The van der Waals surface area contributed by atoms with Crippen molar-refractivity contribution in [2.45, 2.75) is 611 Å². The third-order valence-electron chi connectivity index (χ3n) is 36.9. The van der Waals surface area contributed by atoms with Gasteiger partial charge in [0.1, 0.15) is 48.5 Å². The number of hydrogen-bond acceptors (Lipinski definition) is 24. The number of hydrogen-bond donors (Lipinski definition) is 1. The molecule has 0 amide bonds. The molecule has 8 heterocycles. The Bertz CT molecular complexity index is 4070. The van der Waals surface area contributed by atoms with E-state index in [-0.39, 0.29) is 136 Å². The quantitative estimate of drug-likeness (QED) is 0.0305. The first-order chi connectivity index (χ1) is 65.1. The number of phenolic OH excluding ortho intramolecular Hbond substituents is 1. The normalized spacial score (nSPS) is 25.4. The standard InChI is InChI=1S/C48H86N4O8.C31H53NO3.C30H58N2O3.C11H21NO2/c1-41(2)23-31(24-42(3,4)49(41)17)57-37(53)21-35(39(55)59-33-27-45(9,10)51(19)46(11,12)28-33)36(40(56)60-34-29-47(13,14)52(20)48(15,16)30-34)22-38(54)58-32-25-43(5,6)50(18)44(7,8)26-32;1-13-14-15-22(27(34)35-23-19-30(8,9)32(12)31(10,11)20-23)16-21-17-24(28(2,3)4)26(33)25(18-21)29(5,6)7;1-27(2)20-24(21-28(3,4)31(27)9)34-19-17-15-13-11-12-14-16-18-26(33)35-25-22-29(5,6)32(10)30(7,8)23-25;1-10(2)6-9(14-8-13)7-11(3,4)12(10)5/h31-36H,21-30H2,1-20H3;17-18,22-23,33H,13-16,19-20H2,1-12H3;24-25H,11-23H2,1-10H3;8-9H,6-7H2,1-5H3. The van der Waals surface area contributed by atoms with Gasteiger partial charge in [-0.15, -0.1) is 0 Å². The summed E-state index contributed by atoms with van der Waals surface area (Å²) >= 11 is 0. The molecule has 0 saturated carbocycles. The summed E-state index contributed by atoms with van der Waals surface area (Å²) in [6.45, 7) is 86.5. The van der Waals surface area contributed by atoms with Gasteiger partial charge in [0, 0.05) is 192 Å². The molecule has 24 heteroatoms. The van der Waals surface area contributed by atoms with E-state index in [1.54, 1.807) is 0 Å². The monoisotopic (exact) mass is 2030 g/mol. The van der Waals surface area contributed by atoms with Crippen molar-refractivity contribution in [2.75, 3.05) is 63.0 Å². The molecule has 1 aromatic carbocycles. The molecule has 1 N–H and O–H groups in total. The Balaban J connectivity index is 0.000000323. The maximum atomic E-state index is 14.8. The van der Waals surface area contributed by atoms with Crippen molar-refractivity contribution in [1.29, 1.82) is 0 Å². The molecule has 0 bridgehead atoms. The Kier molecular flexibility index (Phi) is 42.6. The maximum Gasteiger partial charge on any atom is 0.310 e. The highest BCUT2D eigenvalue weighted by molar-refractivity contribution is 5.89. The molecule has 3 unspecified atom stereocenters. The van der Waals surface area contributed by atoms with Crippen LogP contribution < -0.4 is 0 Å². The van der Waals surface area contributed by atoms with E-state index in [1.165, 1.54) is 25.7 Å². The first kappa shape index (κ1) is 128. The second-order valence-electron chi connectivity index (χ2n) is 58.0. The predicted molar refractivity (Wildman–Crippen MR) is 587 cm³/mol. The summed E-state index contributed by atoms with van der Waals surface area (Å²) in [5.74, 6) is -5.15. The third-order valence-corrected chi connectivity index (χ3v) is 36.9. The van der Waals surface area contributed by atoms with Gasteiger partial charge in [-0.05, 0) is 344 Å². The van der Waals surface area contributed by atoms with E-state index in [4.69, 9.17) is 37.9 Å². The summed E-state index contributed by atoms with van der Waals surface area (Å²) in [5, 5.41) is 11.1. The summed E-state index contributed by atoms with van der Waals surface area (Å²) in [6, 6.07) is 4.22. The van der Waals surface area contributed by atoms with Gasteiger partial charge in [0.2, 0.25) is 0 Å². The van der Waals surface area contributed by atoms with Crippen molar-refractivity contribution in [3.63, 3.8) is 0 Å². The SMILES string of the molecule is CCCCC(Cc1cc(C(C)(C)C)c(O)c(C(C)(C)C)c1)C(=O)OC1CC(C)(C)N(C)C(C)(C)C1.CN1C(C)(C)CC(OC(=O)CC(C(=O)OC2CC(C)(C)N(C)C(C)(C)C2)C(CC(=O)OC2CC(C)(C)N(C)C(C)(C)C2)C(=O)OC2CC(C)(C)N(C)C(C)(C)C2)CC1(C)C.CN1C(C)(C)CC(OC=O)CC1(C)C.CN1C(C)(C)CC(OCCCCCCCCCC(=O)OC2CC(C)(C)N(C)C(C)(C)C2)CC1(C)C. The largest absolute Gasteiger partial charge is 0.507 e. The Hall–Kier alpha value is -5.05. The van der Waals surface area contributed by atoms with Crippen LogP contribution in [0.5, 0.6) is 5.75 Å². The van der Waals surface area contributed by atoms with Crippen LogP contribution in [-0.4, -0.2) is 287 Å². The lowest BCUT2D eigenvalue weighted by Crippen LogP contribution is -2.61. The maximum absolute atomic E-state index is 14.8. The Labute approximate surface area is 879 Å². The number of rotatable bonds is 32. The number of carbonyl (C=O) groups excluding carboxylic acids is 7. The minimum Gasteiger partial charge on any atom is -0.507 e. The molecular formula is C120H218N8O16. The number of likely N-dealkylation sites (tertiary alicyclic amines) is 8. The van der Waals surface area contributed by atoms with E-state index >= 15 is 0 Å². The fourth-order valence-corrected chi connectivity index (χ4v) is 26.1. The molecule has 0 spiro atoms. The number of phenols is 1. The first-order valence-electron chi connectivity index (χ1n) is 55.8. The zero-order valence-electron chi connectivity index (χ0n) is 101. The summed E-state index contributed by atoms with van der Waals surface area (Å²) in [5.41, 5.74) is 1.10. The van der Waals surface area contributed by atoms with Crippen LogP contribution in [0.4, 0.5) is 0 Å². The highest BCUT2D eigenvalue weighted by Gasteiger charge is 2.55. The van der Waals surface area contributed by atoms with Crippen LogP contribution in [0.1, 0.15) is 473 Å². The number of nitrogens with zero attached hydrogens (tertiary/aromatic N) is 8. The van der Waals surface area contributed by atoms with Gasteiger partial charge < -0.3 is 43.0 Å². The van der Waals surface area contributed by atoms with Gasteiger partial charge in [0.05, 0.1) is 36.7 Å². The van der Waals surface area contributed by atoms with Crippen LogP contribution in [0.15, 0.2) is 12.1 Å². The van der Waals surface area contributed by atoms with Crippen LogP contribution in [0.3, 0.4) is 0 Å². The zero-order valence-corrected chi connectivity index (χ0v) is 101. The van der Waals surface area contributed by atoms with Crippen LogP contribution in [0.2, 0.25) is 0 Å². The fraction of sp³-hybridized carbons (Fsp3) is 0.892. The van der Waals surface area contributed by atoms with Gasteiger partial charge >= 0.3 is 35.8 Å². The Morgan fingerprint density at radius 3 is 0.792 bits per heavy atom. The third kappa shape index (κ3) is 34.5. The molecule has 1 aromatic rings. The van der Waals surface area contributed by atoms with Crippen molar-refractivity contribution in [2.24, 2.45) is 17.8 Å². The molecule has 144 heavy (non-hydrogen) atoms. The average Bonchev–Trinajstić information content (AvgIpc) is 0.771. The van der Waals surface area contributed by atoms with E-state index in [1.807, 2.05) is 0 Å². The number of aromatic hydroxyl groups is 1. The van der Waals surface area contributed by atoms with Crippen LogP contribution in [-0.2, 0) is 88.7 Å². The second-order valence-corrected chi connectivity index (χ2v) is 58.0. The molecule has 0 radical (unpaired) electrons. The lowest BCUT2D eigenvalue weighted by molar-refractivity contribution is -0.182. The van der Waals surface area contributed by atoms with Crippen molar-refractivity contribution >= 4 is 42.3 Å². The molecule has 834 valence electrons. The highest BCUT2D eigenvalue weighted by Crippen LogP contribution is 2.49. The van der Waals surface area contributed by atoms with Crippen molar-refractivity contribution < 1.29 is 76.6 Å². The minimum atomic E-state index is -1.34. The average molecular weight is 2030 g/mol. The van der Waals surface area contributed by atoms with Crippen LogP contribution in [0, 0.1) is 17.8 Å². The lowest BCUT2D eigenvalue weighted by Gasteiger charge is -2.53. The van der Waals surface area contributed by atoms with Crippen molar-refractivity contribution in [3.8, 4) is 5.75 Å². The number of benzene rings is 1. The summed E-state index contributed by atoms with van der Waals surface area (Å²) in [4.78, 5) is 113. The molecule has 9 rings (SSSR count). The first-order valence-corrected chi connectivity index (χ1v) is 55.8. The van der Waals surface area contributed by atoms with Gasteiger partial charge in [-0.3, -0.25) is 72.8 Å². The van der Waals surface area contributed by atoms with Gasteiger partial charge in [0.15, 0.2) is 0 Å². The molecule has 8 aliphatic rings. The van der Waals surface area contributed by atoms with E-state index in [0.29, 0.717) is 82.5 Å². The Morgan fingerprint density at radius 2 is 0.542 bits per heavy atom. The molecule has 0 aliphatic carbocycles. The molecule has 8 aliphatic heterocycles. The van der Waals surface area contributed by atoms with E-state index in [9.17, 15) is 38.7 Å². The molecule has 0 aromatic heterocycles. The van der Waals surface area contributed by atoms with E-state index < -0.39 is 73.0 Å². The van der Waals surface area contributed by atoms with Gasteiger partial charge in [-0.2, -0.15) is 0 Å². The van der Waals surface area contributed by atoms with E-state index in [2.05, 4.69) is 378 Å². The predicted octanol–water partition coefficient (Wildman–Crippen LogP) is 24.1. The second kappa shape index (κ2) is 48.1. The van der Waals surface area contributed by atoms with Crippen LogP contribution in [0.25, 0.3) is 0 Å². The molecular weight excluding hydrogens is 1810 g/mol. The lowest BCUT2D eigenvalue weighted by atomic mass is 9.77. The molecule has 24 nitrogen and oxygen atoms in total. The van der Waals surface area contributed by atoms with Gasteiger partial charge in [-0.1, -0.05) is 106 Å². The summed E-state index contributed by atoms with van der Waals surface area (Å²) in [7, 11) is 17.1. The number of ether oxygens (including phenoxy) is 8. The number of carbonyl (C=O) groups is 7. The number of esters is 6. The highest BCUT2D eigenvalue weighted by atomic mass is 16.6. The van der Waals surface area contributed by atoms with Crippen molar-refractivity contribution in [1.82, 2.24) is 39.2 Å². The topological polar surface area (TPSA) is 239 Å². The summed E-state index contributed by atoms with van der Waals surface area (Å²) in [6.07, 6.45) is 22.3. The van der Waals surface area contributed by atoms with Gasteiger partial charge in [-0.25, -0.2) is 0 Å². The number of unbranched alkanes of at least 4 members (excludes halogenated alkanes) is 7. The smallest absolute Gasteiger partial charge is 0.310 e. The van der Waals surface area contributed by atoms with Crippen molar-refractivity contribution in [3.05, 3.63) is 28.8 Å². The Morgan fingerprint density at radius 1 is 0.319 bits per heavy atom. The van der Waals surface area contributed by atoms with Crippen LogP contribution >= 0.6 is 0 Å². The fourth-order valence-electron chi connectivity index (χ4n) is 26.1. The summed E-state index contributed by atoms with van der Waals surface area (Å²) < 4.78 is 48.8. The molecule has 8 fully saturated rings. The van der Waals surface area contributed by atoms with Gasteiger partial charge in [0.25, 0.3) is 6.47 Å². The number of piperidine rings is 8. The van der Waals surface area contributed by atoms with E-state index in [0.717, 1.165) is 113 Å². The zero-order chi connectivity index (χ0) is 110. The molecule has 3 atom stereocenters.